The predicted octanol–water partition coefficient (Wildman–Crippen LogP) is 0.588. The summed E-state index contributed by atoms with van der Waals surface area (Å²) < 4.78 is 41.6. The lowest BCUT2D eigenvalue weighted by molar-refractivity contribution is -0.577. The van der Waals surface area contributed by atoms with Crippen LogP contribution in [-0.4, -0.2) is 70.2 Å². The van der Waals surface area contributed by atoms with E-state index < -0.39 is 39.4 Å². The van der Waals surface area contributed by atoms with Gasteiger partial charge >= 0.3 is 11.9 Å². The molecule has 1 spiro atoms. The largest absolute Gasteiger partial charge is 0.481 e. The van der Waals surface area contributed by atoms with Gasteiger partial charge in [0.2, 0.25) is 0 Å². The zero-order valence-electron chi connectivity index (χ0n) is 23.8. The van der Waals surface area contributed by atoms with Crippen LogP contribution in [0, 0.1) is 42.4 Å². The summed E-state index contributed by atoms with van der Waals surface area (Å²) >= 11 is 0. The van der Waals surface area contributed by atoms with Crippen molar-refractivity contribution >= 4 is 45.3 Å². The maximum Gasteiger partial charge on any atom is 0.310 e. The number of aromatic nitrogens is 1. The van der Waals surface area contributed by atoms with E-state index in [1.165, 1.54) is 7.11 Å². The normalized spacial score (nSPS) is 32.0. The van der Waals surface area contributed by atoms with Crippen molar-refractivity contribution < 1.29 is 41.8 Å². The smallest absolute Gasteiger partial charge is 0.310 e. The number of esters is 1. The standard InChI is InChI=1S/C29H35N3O8S/c1-13-10-19-15(3)17(6-7-21(33)34)26-18(12-22(35)40-5)27-23(28(36)30-8-9-41(37,38)39)16(4)20-11-14(2)25-24(13)29(25,31(19)26)32(20)27/h10-11,13-15,17,24-25H,6-9,12H2,1-5H3,(H2-,30,33,34,36,37,38,39)/p+1/t13?,14?,15-,17-,24-,25?,29-/m0/s1. The lowest BCUT2D eigenvalue weighted by atomic mass is 9.82. The van der Waals surface area contributed by atoms with Crippen molar-refractivity contribution in [3.05, 3.63) is 33.6 Å². The summed E-state index contributed by atoms with van der Waals surface area (Å²) in [6.07, 6.45) is 4.76. The van der Waals surface area contributed by atoms with E-state index in [4.69, 9.17) is 4.74 Å². The maximum atomic E-state index is 13.8. The van der Waals surface area contributed by atoms with Crippen LogP contribution in [0.1, 0.15) is 56.0 Å². The van der Waals surface area contributed by atoms with Gasteiger partial charge in [-0.2, -0.15) is 13.0 Å². The van der Waals surface area contributed by atoms with Gasteiger partial charge in [-0.3, -0.25) is 23.5 Å². The third kappa shape index (κ3) is 3.75. The SMILES string of the molecule is COC(=O)CC1=c2c(C(=O)NCCS(=O)(=O)O)c(C)c3n2[C@]24C(C(C)C=3)[C@@H]2C(C)C=C2[C@@H](C)[C@H](CCC(=O)O)C1=[N+]24. The Morgan fingerprint density at radius 3 is 2.41 bits per heavy atom. The molecule has 12 heteroatoms. The third-order valence-corrected chi connectivity index (χ3v) is 10.7. The highest BCUT2D eigenvalue weighted by Crippen LogP contribution is 2.70. The first-order valence-electron chi connectivity index (χ1n) is 14.1. The first-order chi connectivity index (χ1) is 19.2. The predicted molar refractivity (Wildman–Crippen MR) is 148 cm³/mol. The van der Waals surface area contributed by atoms with Crippen molar-refractivity contribution in [3.63, 3.8) is 0 Å². The summed E-state index contributed by atoms with van der Waals surface area (Å²) in [4.78, 5) is 38.4. The van der Waals surface area contributed by atoms with Gasteiger partial charge in [0.15, 0.2) is 11.4 Å². The minimum atomic E-state index is -4.28. The second-order valence-corrected chi connectivity index (χ2v) is 13.8. The molecule has 7 atom stereocenters. The first-order valence-corrected chi connectivity index (χ1v) is 15.7. The van der Waals surface area contributed by atoms with Crippen LogP contribution in [0.15, 0.2) is 11.8 Å². The fourth-order valence-corrected chi connectivity index (χ4v) is 8.96. The number of fused-ring (bicyclic) bond motifs is 1. The number of aliphatic carboxylic acids is 1. The minimum Gasteiger partial charge on any atom is -0.481 e. The molecule has 1 aromatic rings. The minimum absolute atomic E-state index is 0.0124. The fourth-order valence-electron chi connectivity index (χ4n) is 8.60. The van der Waals surface area contributed by atoms with E-state index in [2.05, 4.69) is 47.4 Å². The average molecular weight is 587 g/mol. The molecular formula is C29H36N3O8S+. The van der Waals surface area contributed by atoms with Crippen molar-refractivity contribution in [2.75, 3.05) is 19.4 Å². The highest BCUT2D eigenvalue weighted by Gasteiger charge is 2.83. The van der Waals surface area contributed by atoms with Crippen molar-refractivity contribution in [3.8, 4) is 0 Å². The van der Waals surface area contributed by atoms with E-state index in [0.29, 0.717) is 22.9 Å². The zero-order chi connectivity index (χ0) is 29.8. The highest BCUT2D eigenvalue weighted by molar-refractivity contribution is 7.85. The first kappa shape index (κ1) is 27.9. The van der Waals surface area contributed by atoms with E-state index in [9.17, 15) is 32.5 Å². The van der Waals surface area contributed by atoms with Gasteiger partial charge in [0.05, 0.1) is 59.4 Å². The van der Waals surface area contributed by atoms with Crippen LogP contribution < -0.4 is 16.0 Å². The molecule has 1 aromatic heterocycles. The molecular weight excluding hydrogens is 550 g/mol. The van der Waals surface area contributed by atoms with Gasteiger partial charge in [-0.05, 0) is 36.8 Å². The number of ether oxygens (including phenoxy) is 1. The number of allylic oxidation sites excluding steroid dienone is 2. The zero-order valence-corrected chi connectivity index (χ0v) is 24.6. The fraction of sp³-hybridized carbons (Fsp3) is 0.586. The topological polar surface area (TPSA) is 155 Å². The quantitative estimate of drug-likeness (QED) is 0.216. The maximum absolute atomic E-state index is 13.8. The van der Waals surface area contributed by atoms with Crippen LogP contribution in [-0.2, 0) is 30.1 Å². The number of hydrogen-bond donors (Lipinski definition) is 3. The second-order valence-electron chi connectivity index (χ2n) is 12.2. The van der Waals surface area contributed by atoms with E-state index in [1.807, 2.05) is 6.92 Å². The number of methoxy groups -OCH3 is 1. The number of nitrogens with zero attached hydrogens (tertiary/aromatic N) is 2. The third-order valence-electron chi connectivity index (χ3n) is 10.0. The van der Waals surface area contributed by atoms with E-state index in [-0.39, 0.29) is 54.9 Å². The molecule has 220 valence electrons. The highest BCUT2D eigenvalue weighted by atomic mass is 32.2. The van der Waals surface area contributed by atoms with Crippen LogP contribution >= 0.6 is 0 Å². The van der Waals surface area contributed by atoms with Crippen molar-refractivity contribution in [2.45, 2.75) is 52.6 Å². The summed E-state index contributed by atoms with van der Waals surface area (Å²) in [7, 11) is -2.96. The van der Waals surface area contributed by atoms with E-state index >= 15 is 0 Å². The molecule has 1 fully saturated rings. The van der Waals surface area contributed by atoms with Crippen molar-refractivity contribution in [2.24, 2.45) is 35.5 Å². The molecule has 1 amide bonds. The number of rotatable bonds is 9. The monoisotopic (exact) mass is 586 g/mol. The Hall–Kier alpha value is -3.25. The molecule has 4 aliphatic heterocycles. The van der Waals surface area contributed by atoms with E-state index in [1.54, 1.807) is 0 Å². The lowest BCUT2D eigenvalue weighted by Gasteiger charge is -2.31. The number of carboxylic acid groups (broad SMARTS) is 1. The second kappa shape index (κ2) is 9.12. The number of carbonyl (C=O) groups is 3. The van der Waals surface area contributed by atoms with Crippen LogP contribution in [0.4, 0.5) is 0 Å². The van der Waals surface area contributed by atoms with Crippen molar-refractivity contribution in [1.29, 1.82) is 0 Å². The van der Waals surface area contributed by atoms with Crippen molar-refractivity contribution in [1.82, 2.24) is 9.88 Å². The van der Waals surface area contributed by atoms with Crippen LogP contribution in [0.25, 0.3) is 11.6 Å². The number of carboxylic acids is 1. The average Bonchev–Trinajstić information content (AvgIpc) is 3.41. The Labute approximate surface area is 238 Å². The molecule has 3 N–H and O–H groups in total. The molecule has 5 aliphatic rings. The summed E-state index contributed by atoms with van der Waals surface area (Å²) in [5, 5.41) is 13.8. The van der Waals surface area contributed by atoms with Crippen LogP contribution in [0.3, 0.4) is 0 Å². The van der Waals surface area contributed by atoms with Crippen LogP contribution in [0.5, 0.6) is 0 Å². The van der Waals surface area contributed by atoms with Crippen LogP contribution in [0.2, 0.25) is 0 Å². The van der Waals surface area contributed by atoms with Gasteiger partial charge in [-0.1, -0.05) is 26.8 Å². The Morgan fingerprint density at radius 1 is 1.15 bits per heavy atom. The Bertz CT molecular complexity index is 1720. The Balaban J connectivity index is 1.67. The summed E-state index contributed by atoms with van der Waals surface area (Å²) in [6.45, 7) is 8.13. The number of nitrogens with one attached hydrogen (secondary N) is 1. The molecule has 1 saturated carbocycles. The van der Waals surface area contributed by atoms with E-state index in [0.717, 1.165) is 22.3 Å². The number of amides is 1. The van der Waals surface area contributed by atoms with Gasteiger partial charge in [0, 0.05) is 18.3 Å². The Morgan fingerprint density at radius 2 is 1.80 bits per heavy atom. The number of hydrogen-bond acceptors (Lipinski definition) is 6. The molecule has 5 heterocycles. The molecule has 0 aromatic carbocycles. The summed E-state index contributed by atoms with van der Waals surface area (Å²) in [6, 6.07) is 0. The molecule has 0 radical (unpaired) electrons. The molecule has 6 rings (SSSR count). The molecule has 0 bridgehead atoms. The summed E-state index contributed by atoms with van der Waals surface area (Å²) in [5.74, 6) is -1.69. The summed E-state index contributed by atoms with van der Waals surface area (Å²) in [5.41, 5.74) is 3.31. The molecule has 11 nitrogen and oxygen atoms in total. The lowest BCUT2D eigenvalue weighted by Crippen LogP contribution is -2.55. The van der Waals surface area contributed by atoms with Gasteiger partial charge in [0.25, 0.3) is 21.7 Å². The van der Waals surface area contributed by atoms with Gasteiger partial charge in [-0.25, -0.2) is 0 Å². The van der Waals surface area contributed by atoms with Gasteiger partial charge in [0.1, 0.15) is 0 Å². The molecule has 1 aliphatic carbocycles. The molecule has 41 heavy (non-hydrogen) atoms. The number of carbonyl (C=O) groups excluding carboxylic acids is 2. The van der Waals surface area contributed by atoms with Gasteiger partial charge in [-0.15, -0.1) is 0 Å². The Kier molecular flexibility index (Phi) is 6.21. The molecule has 3 unspecified atom stereocenters. The molecule has 0 saturated heterocycles. The van der Waals surface area contributed by atoms with Gasteiger partial charge < -0.3 is 15.2 Å².